The first kappa shape index (κ1) is 13.2. The minimum absolute atomic E-state index is 0.441. The van der Waals surface area contributed by atoms with Crippen molar-refractivity contribution in [2.24, 2.45) is 23.7 Å². The van der Waals surface area contributed by atoms with E-state index in [0.29, 0.717) is 6.04 Å². The Morgan fingerprint density at radius 3 is 2.60 bits per heavy atom. The first-order valence-corrected chi connectivity index (χ1v) is 8.61. The lowest BCUT2D eigenvalue weighted by atomic mass is 9.79. The first-order chi connectivity index (χ1) is 9.72. The molecule has 2 bridgehead atoms. The van der Waals surface area contributed by atoms with E-state index in [1.165, 1.54) is 37.7 Å². The third kappa shape index (κ3) is 2.10. The standard InChI is InChI=1S/C18H24ClN/c1-11(12-5-7-14(19)8-6-12)20-18-10-13-9-17(18)16-4-2-3-15(13)16/h5-8,11,13,15-18,20H,2-4,9-10H2,1H3/t11-,13?,15?,16?,17?,18?/m1/s1. The number of nitrogens with one attached hydrogen (secondary N) is 1. The molecule has 0 aromatic heterocycles. The zero-order valence-corrected chi connectivity index (χ0v) is 12.9. The third-order valence-electron chi connectivity index (χ3n) is 6.26. The SMILES string of the molecule is C[C@@H](NC1CC2CC1C1CCCC21)c1ccc(Cl)cc1. The van der Waals surface area contributed by atoms with E-state index in [1.54, 1.807) is 0 Å². The molecule has 3 fully saturated rings. The van der Waals surface area contributed by atoms with Crippen LogP contribution in [0.3, 0.4) is 0 Å². The Balaban J connectivity index is 1.44. The lowest BCUT2D eigenvalue weighted by Gasteiger charge is -2.34. The van der Waals surface area contributed by atoms with E-state index in [-0.39, 0.29) is 0 Å². The molecule has 0 amide bonds. The van der Waals surface area contributed by atoms with Gasteiger partial charge in [-0.2, -0.15) is 0 Å². The molecule has 4 rings (SSSR count). The molecule has 3 aliphatic carbocycles. The van der Waals surface area contributed by atoms with Gasteiger partial charge >= 0.3 is 0 Å². The van der Waals surface area contributed by atoms with E-state index in [9.17, 15) is 0 Å². The van der Waals surface area contributed by atoms with Crippen molar-refractivity contribution in [3.63, 3.8) is 0 Å². The fraction of sp³-hybridized carbons (Fsp3) is 0.667. The van der Waals surface area contributed by atoms with Gasteiger partial charge in [0, 0.05) is 17.1 Å². The van der Waals surface area contributed by atoms with Crippen molar-refractivity contribution >= 4 is 11.6 Å². The van der Waals surface area contributed by atoms with Crippen molar-refractivity contribution in [2.45, 2.75) is 51.1 Å². The lowest BCUT2D eigenvalue weighted by Crippen LogP contribution is -2.40. The van der Waals surface area contributed by atoms with Crippen LogP contribution in [0.15, 0.2) is 24.3 Å². The number of fused-ring (bicyclic) bond motifs is 5. The molecule has 3 saturated carbocycles. The van der Waals surface area contributed by atoms with E-state index in [4.69, 9.17) is 11.6 Å². The van der Waals surface area contributed by atoms with Gasteiger partial charge in [0.25, 0.3) is 0 Å². The number of benzene rings is 1. The second-order valence-corrected chi connectivity index (χ2v) is 7.64. The van der Waals surface area contributed by atoms with Crippen molar-refractivity contribution in [3.8, 4) is 0 Å². The quantitative estimate of drug-likeness (QED) is 0.841. The fourth-order valence-corrected chi connectivity index (χ4v) is 5.55. The van der Waals surface area contributed by atoms with E-state index in [0.717, 1.165) is 34.7 Å². The van der Waals surface area contributed by atoms with Crippen LogP contribution in [0.4, 0.5) is 0 Å². The Kier molecular flexibility index (Phi) is 3.31. The average molecular weight is 290 g/mol. The molecule has 1 nitrogen and oxygen atoms in total. The maximum atomic E-state index is 5.98. The van der Waals surface area contributed by atoms with Gasteiger partial charge in [0.2, 0.25) is 0 Å². The number of halogens is 1. The van der Waals surface area contributed by atoms with Crippen molar-refractivity contribution in [1.82, 2.24) is 5.32 Å². The van der Waals surface area contributed by atoms with Gasteiger partial charge in [-0.3, -0.25) is 0 Å². The fourth-order valence-electron chi connectivity index (χ4n) is 5.43. The second kappa shape index (κ2) is 5.03. The van der Waals surface area contributed by atoms with Crippen LogP contribution in [0, 0.1) is 23.7 Å². The summed E-state index contributed by atoms with van der Waals surface area (Å²) in [6.45, 7) is 2.29. The summed E-state index contributed by atoms with van der Waals surface area (Å²) in [4.78, 5) is 0. The van der Waals surface area contributed by atoms with Gasteiger partial charge in [-0.05, 0) is 74.0 Å². The maximum absolute atomic E-state index is 5.98. The van der Waals surface area contributed by atoms with Crippen LogP contribution in [0.1, 0.15) is 50.6 Å². The van der Waals surface area contributed by atoms with Crippen LogP contribution in [0.25, 0.3) is 0 Å². The molecular weight excluding hydrogens is 266 g/mol. The highest BCUT2D eigenvalue weighted by Gasteiger charge is 2.53. The van der Waals surface area contributed by atoms with Crippen molar-refractivity contribution in [2.75, 3.05) is 0 Å². The summed E-state index contributed by atoms with van der Waals surface area (Å²) in [5, 5.41) is 4.74. The van der Waals surface area contributed by atoms with Gasteiger partial charge in [-0.15, -0.1) is 0 Å². The predicted molar refractivity (Wildman–Crippen MR) is 83.8 cm³/mol. The summed E-state index contributed by atoms with van der Waals surface area (Å²) in [5.74, 6) is 4.12. The Morgan fingerprint density at radius 2 is 1.80 bits per heavy atom. The van der Waals surface area contributed by atoms with Crippen molar-refractivity contribution in [1.29, 1.82) is 0 Å². The van der Waals surface area contributed by atoms with Gasteiger partial charge < -0.3 is 5.32 Å². The van der Waals surface area contributed by atoms with E-state index in [2.05, 4.69) is 24.4 Å². The van der Waals surface area contributed by atoms with Crippen LogP contribution in [0.2, 0.25) is 5.02 Å². The zero-order valence-electron chi connectivity index (χ0n) is 12.2. The zero-order chi connectivity index (χ0) is 13.7. The Labute approximate surface area is 127 Å². The molecule has 20 heavy (non-hydrogen) atoms. The summed E-state index contributed by atoms with van der Waals surface area (Å²) >= 11 is 5.98. The molecule has 1 aromatic rings. The molecule has 108 valence electrons. The molecule has 0 saturated heterocycles. The van der Waals surface area contributed by atoms with Gasteiger partial charge in [-0.1, -0.05) is 30.2 Å². The van der Waals surface area contributed by atoms with Crippen LogP contribution in [-0.4, -0.2) is 6.04 Å². The van der Waals surface area contributed by atoms with Gasteiger partial charge in [0.15, 0.2) is 0 Å². The normalized spacial score (nSPS) is 40.0. The molecule has 1 N–H and O–H groups in total. The minimum Gasteiger partial charge on any atom is -0.307 e. The maximum Gasteiger partial charge on any atom is 0.0406 e. The molecule has 0 heterocycles. The molecule has 0 aliphatic heterocycles. The smallest absolute Gasteiger partial charge is 0.0406 e. The summed E-state index contributed by atoms with van der Waals surface area (Å²) in [7, 11) is 0. The van der Waals surface area contributed by atoms with Crippen molar-refractivity contribution in [3.05, 3.63) is 34.9 Å². The van der Waals surface area contributed by atoms with E-state index >= 15 is 0 Å². The second-order valence-electron chi connectivity index (χ2n) is 7.20. The Morgan fingerprint density at radius 1 is 1.05 bits per heavy atom. The summed E-state index contributed by atoms with van der Waals surface area (Å²) in [5.41, 5.74) is 1.36. The minimum atomic E-state index is 0.441. The third-order valence-corrected chi connectivity index (χ3v) is 6.51. The lowest BCUT2D eigenvalue weighted by molar-refractivity contribution is 0.200. The average Bonchev–Trinajstić information content (AvgIpc) is 3.11. The highest BCUT2D eigenvalue weighted by Crippen LogP contribution is 2.58. The molecule has 6 atom stereocenters. The monoisotopic (exact) mass is 289 g/mol. The van der Waals surface area contributed by atoms with Crippen LogP contribution in [0.5, 0.6) is 0 Å². The van der Waals surface area contributed by atoms with E-state index in [1.807, 2.05) is 12.1 Å². The highest BCUT2D eigenvalue weighted by atomic mass is 35.5. The van der Waals surface area contributed by atoms with Crippen LogP contribution < -0.4 is 5.32 Å². The molecule has 3 aliphatic rings. The summed E-state index contributed by atoms with van der Waals surface area (Å²) in [6, 6.07) is 9.52. The topological polar surface area (TPSA) is 12.0 Å². The summed E-state index contributed by atoms with van der Waals surface area (Å²) in [6.07, 6.45) is 7.43. The van der Waals surface area contributed by atoms with Gasteiger partial charge in [-0.25, -0.2) is 0 Å². The van der Waals surface area contributed by atoms with Gasteiger partial charge in [0.05, 0.1) is 0 Å². The van der Waals surface area contributed by atoms with Crippen LogP contribution in [-0.2, 0) is 0 Å². The largest absolute Gasteiger partial charge is 0.307 e. The number of rotatable bonds is 3. The molecule has 0 spiro atoms. The first-order valence-electron chi connectivity index (χ1n) is 8.24. The van der Waals surface area contributed by atoms with E-state index < -0.39 is 0 Å². The molecule has 0 radical (unpaired) electrons. The molecule has 1 aromatic carbocycles. The molecule has 5 unspecified atom stereocenters. The predicted octanol–water partition coefficient (Wildman–Crippen LogP) is 4.82. The molecular formula is C18H24ClN. The Hall–Kier alpha value is -0.530. The number of hydrogen-bond donors (Lipinski definition) is 1. The highest BCUT2D eigenvalue weighted by molar-refractivity contribution is 6.30. The number of hydrogen-bond acceptors (Lipinski definition) is 1. The molecule has 2 heteroatoms. The van der Waals surface area contributed by atoms with Crippen molar-refractivity contribution < 1.29 is 0 Å². The Bertz CT molecular complexity index is 483. The summed E-state index contributed by atoms with van der Waals surface area (Å²) < 4.78 is 0. The van der Waals surface area contributed by atoms with Crippen LogP contribution >= 0.6 is 11.6 Å². The van der Waals surface area contributed by atoms with Gasteiger partial charge in [0.1, 0.15) is 0 Å².